The van der Waals surface area contributed by atoms with Gasteiger partial charge in [-0.25, -0.2) is 9.59 Å². The van der Waals surface area contributed by atoms with Crippen molar-refractivity contribution in [3.05, 3.63) is 65.2 Å². The molecule has 0 aromatic carbocycles. The van der Waals surface area contributed by atoms with E-state index in [-0.39, 0.29) is 129 Å². The molecule has 8 N–H and O–H groups in total. The van der Waals surface area contributed by atoms with Crippen LogP contribution in [0.3, 0.4) is 0 Å². The van der Waals surface area contributed by atoms with E-state index in [2.05, 4.69) is 49.6 Å². The molecule has 0 bridgehead atoms. The third-order valence-electron chi connectivity index (χ3n) is 6.37. The third-order valence-corrected chi connectivity index (χ3v) is 13.9. The number of hydrogen-bond acceptors (Lipinski definition) is 17. The molecule has 2 aliphatic rings. The Kier molecular flexibility index (Phi) is 33.0. The summed E-state index contributed by atoms with van der Waals surface area (Å²) in [5.41, 5.74) is 0.00643. The van der Waals surface area contributed by atoms with Crippen LogP contribution in [0.15, 0.2) is 31.6 Å². The summed E-state index contributed by atoms with van der Waals surface area (Å²) < 4.78 is 12.3. The van der Waals surface area contributed by atoms with Crippen molar-refractivity contribution in [2.45, 2.75) is 76.1 Å². The zero-order chi connectivity index (χ0) is 39.8. The second-order valence-corrected chi connectivity index (χ2v) is 22.8. The number of aliphatic hydroxyl groups is 6. The molecular formula is C27H38K2N4O15S6Si. The van der Waals surface area contributed by atoms with Crippen LogP contribution in [0.4, 0.5) is 0 Å². The molecule has 55 heavy (non-hydrogen) atoms. The number of rotatable bonds is 5. The molecule has 4 rings (SSSR count). The Hall–Kier alpha value is 0.400. The Labute approximate surface area is 422 Å². The van der Waals surface area contributed by atoms with Gasteiger partial charge >= 0.3 is 114 Å². The molecule has 2 aliphatic heterocycles. The van der Waals surface area contributed by atoms with E-state index in [0.29, 0.717) is 0 Å². The maximum Gasteiger partial charge on any atom is 1.00 e. The van der Waals surface area contributed by atoms with Gasteiger partial charge in [-0.1, -0.05) is 38.9 Å². The van der Waals surface area contributed by atoms with E-state index in [1.54, 1.807) is 0 Å². The van der Waals surface area contributed by atoms with Crippen LogP contribution in [0.2, 0.25) is 19.6 Å². The molecule has 19 nitrogen and oxygen atoms in total. The van der Waals surface area contributed by atoms with Crippen molar-refractivity contribution in [1.82, 2.24) is 19.1 Å². The molecule has 4 heterocycles. The molecule has 0 unspecified atom stereocenters. The fourth-order valence-electron chi connectivity index (χ4n) is 4.04. The van der Waals surface area contributed by atoms with Crippen LogP contribution in [0.1, 0.15) is 32.4 Å². The summed E-state index contributed by atoms with van der Waals surface area (Å²) in [6.07, 6.45) is -2.62. The molecule has 2 fully saturated rings. The fraction of sp³-hybridized carbons (Fsp3) is 0.519. The summed E-state index contributed by atoms with van der Waals surface area (Å²) in [4.78, 5) is 62.1. The SMILES string of the molecule is C.C[Si](C)(C)[13C]#[13C]c1cn([C@@H]2O[C@H](CO)[C@H](O)[C@@H]2O)c(=O)[nH]c1=O.O=CO[O-].S=S=S=S=S=S.[13CH]#[13C]c1cn([C@@H]2O[C@H](CO)[C@H](O)[C@@H]2O)c(=O)[nH]c1=O.[H-].[K+].[K+]. The van der Waals surface area contributed by atoms with Crippen LogP contribution in [-0.4, -0.2) is 114 Å². The average molecular weight is 961 g/mol. The second kappa shape index (κ2) is 30.4. The van der Waals surface area contributed by atoms with Gasteiger partial charge in [-0.3, -0.25) is 33.5 Å². The minimum atomic E-state index is -1.72. The minimum Gasteiger partial charge on any atom is -1.00 e. The third kappa shape index (κ3) is 19.1. The number of H-pyrrole nitrogens is 2. The molecule has 0 amide bonds. The van der Waals surface area contributed by atoms with Crippen molar-refractivity contribution >= 4 is 72.4 Å². The molecular weight excluding hydrogens is 923 g/mol. The van der Waals surface area contributed by atoms with Gasteiger partial charge in [0.25, 0.3) is 17.6 Å². The Balaban J connectivity index is -0.000000371. The Morgan fingerprint density at radius 2 is 1.24 bits per heavy atom. The second-order valence-electron chi connectivity index (χ2n) is 11.0. The molecule has 28 heteroatoms. The van der Waals surface area contributed by atoms with E-state index < -0.39 is 92.9 Å². The van der Waals surface area contributed by atoms with Gasteiger partial charge in [0.05, 0.1) is 13.2 Å². The van der Waals surface area contributed by atoms with Crippen LogP contribution in [0.5, 0.6) is 0 Å². The monoisotopic (exact) mass is 960 g/mol. The largest absolute Gasteiger partial charge is 1.00 e. The van der Waals surface area contributed by atoms with Crippen LogP contribution in [0, 0.1) is 23.8 Å². The van der Waals surface area contributed by atoms with Gasteiger partial charge in [-0.05, 0) is 0 Å². The smallest absolute Gasteiger partial charge is 1.00 e. The zero-order valence-corrected chi connectivity index (χ0v) is 41.2. The van der Waals surface area contributed by atoms with Gasteiger partial charge < -0.3 is 51.7 Å². The molecule has 0 spiro atoms. The van der Waals surface area contributed by atoms with Crippen molar-refractivity contribution in [3.8, 4) is 23.8 Å². The van der Waals surface area contributed by atoms with Gasteiger partial charge in [-0.15, -0.1) is 12.0 Å². The van der Waals surface area contributed by atoms with E-state index in [4.69, 9.17) is 36.2 Å². The first-order valence-corrected chi connectivity index (χ1v) is 24.2. The van der Waals surface area contributed by atoms with Crippen LogP contribution in [-0.2, 0) is 77.1 Å². The molecule has 0 radical (unpaired) electrons. The number of terminal acetylenes is 1. The standard InChI is InChI=1S/C14H20N2O6Si.C11H12N2O6.CH2O3.CH4.2K.S6.H/c1-23(2,3)5-4-8-6-16(14(21)15-12(8)20)13-11(19)10(18)9(7-17)22-13;1-2-5-3-13(11(18)12-9(5)17)10-8(16)7(15)6(4-14)19-10;2-1-4-3;;;;1-3-5-6-4-2;/h6,9-11,13,17-19H,7H2,1-3H3,(H,15,20,21);1,3,6-8,10,14-16H,4H2,(H,12,17,18);1,3H;1H4;;;;/q;;;;2*+1;;-1/p-1/t9-,10+,11+,13-;6-,7+,8+,10-;;;;;;/m11....../s1/i4+1,5+1;1+1,2+1;;;;;;. The summed E-state index contributed by atoms with van der Waals surface area (Å²) in [6, 6.07) is 0. The van der Waals surface area contributed by atoms with Crippen LogP contribution >= 0.6 is 0 Å². The minimum absolute atomic E-state index is 0. The number of aromatic amines is 2. The summed E-state index contributed by atoms with van der Waals surface area (Å²) in [5, 5.41) is 65.6. The number of carbonyl (C=O) groups is 1. The summed E-state index contributed by atoms with van der Waals surface area (Å²) >= 11 is 9.03. The Morgan fingerprint density at radius 1 is 0.873 bits per heavy atom. The number of ether oxygens (including phenoxy) is 2. The predicted octanol–water partition coefficient (Wildman–Crippen LogP) is -11.3. The normalized spacial score (nSPS) is 23.0. The van der Waals surface area contributed by atoms with E-state index in [1.165, 1.54) is 41.7 Å². The number of hydrogen-bond donors (Lipinski definition) is 8. The van der Waals surface area contributed by atoms with Gasteiger partial charge in [0.2, 0.25) is 0 Å². The van der Waals surface area contributed by atoms with Crippen LogP contribution < -0.4 is 131 Å². The van der Waals surface area contributed by atoms with E-state index in [1.807, 2.05) is 24.6 Å². The van der Waals surface area contributed by atoms with Gasteiger partial charge in [-0.2, -0.15) is 0 Å². The van der Waals surface area contributed by atoms with Gasteiger partial charge in [0.1, 0.15) is 55.8 Å². The maximum absolute atomic E-state index is 12.0. The molecule has 0 saturated carbocycles. The Bertz CT molecular complexity index is 2050. The molecule has 2 aromatic heterocycles. The van der Waals surface area contributed by atoms with Crippen molar-refractivity contribution in [2.75, 3.05) is 13.2 Å². The fourth-order valence-corrected chi connectivity index (χ4v) is 10.0. The molecule has 8 atom stereocenters. The van der Waals surface area contributed by atoms with Gasteiger partial charge in [0.15, 0.2) is 12.5 Å². The number of aliphatic hydroxyl groups excluding tert-OH is 6. The summed E-state index contributed by atoms with van der Waals surface area (Å²) in [7, 11) is 3.91. The van der Waals surface area contributed by atoms with E-state index in [9.17, 15) is 39.6 Å². The first-order chi connectivity index (χ1) is 24.5. The van der Waals surface area contributed by atoms with Crippen molar-refractivity contribution in [2.24, 2.45) is 0 Å². The quantitative estimate of drug-likeness (QED) is 0.0345. The average Bonchev–Trinajstić information content (AvgIpc) is 3.56. The number of carbonyl (C=O) groups excluding carboxylic acids is 1. The summed E-state index contributed by atoms with van der Waals surface area (Å²) in [6.45, 7) is 4.83. The molecule has 298 valence electrons. The zero-order valence-electron chi connectivity index (χ0n) is 30.0. The topological polar surface area (TPSA) is 299 Å². The van der Waals surface area contributed by atoms with Gasteiger partial charge in [0, 0.05) is 70.3 Å². The molecule has 2 saturated heterocycles. The number of nitrogens with zero attached hydrogens (tertiary/aromatic N) is 2. The number of nitrogens with one attached hydrogen (secondary N) is 2. The molecule has 0 aliphatic carbocycles. The van der Waals surface area contributed by atoms with E-state index in [0.717, 1.165) is 15.3 Å². The van der Waals surface area contributed by atoms with Crippen molar-refractivity contribution in [3.63, 3.8) is 0 Å². The molecule has 2 aromatic rings. The van der Waals surface area contributed by atoms with Crippen molar-refractivity contribution in [1.29, 1.82) is 0 Å². The van der Waals surface area contributed by atoms with Crippen molar-refractivity contribution < 1.29 is 159 Å². The number of aromatic nitrogens is 4. The first-order valence-electron chi connectivity index (χ1n) is 14.1. The van der Waals surface area contributed by atoms with E-state index >= 15 is 0 Å². The maximum atomic E-state index is 12.0. The Morgan fingerprint density at radius 3 is 1.53 bits per heavy atom. The van der Waals surface area contributed by atoms with Crippen LogP contribution in [0.25, 0.3) is 0 Å². The first kappa shape index (κ1) is 59.7. The predicted molar refractivity (Wildman–Crippen MR) is 206 cm³/mol. The summed E-state index contributed by atoms with van der Waals surface area (Å²) in [5.74, 6) is 4.84.